The molecule has 160 valence electrons. The molecule has 0 fully saturated rings. The third kappa shape index (κ3) is 6.88. The van der Waals surface area contributed by atoms with E-state index in [1.807, 2.05) is 24.3 Å². The van der Waals surface area contributed by atoms with Gasteiger partial charge in [0.05, 0.1) is 13.7 Å². The molecule has 30 heavy (non-hydrogen) atoms. The Hall–Kier alpha value is -2.33. The maximum atomic E-state index is 6.36. The molecule has 0 aliphatic heterocycles. The second-order valence-electron chi connectivity index (χ2n) is 7.46. The number of hydrogen-bond acceptors (Lipinski definition) is 3. The van der Waals surface area contributed by atoms with E-state index in [4.69, 9.17) is 9.47 Å². The van der Waals surface area contributed by atoms with Crippen LogP contribution >= 0.6 is 12.4 Å². The van der Waals surface area contributed by atoms with Crippen LogP contribution in [0.2, 0.25) is 0 Å². The van der Waals surface area contributed by atoms with Crippen molar-refractivity contribution < 1.29 is 9.47 Å². The topological polar surface area (TPSA) is 21.7 Å². The Morgan fingerprint density at radius 3 is 2.00 bits per heavy atom. The number of ether oxygens (including phenoxy) is 2. The molecule has 3 aromatic rings. The highest BCUT2D eigenvalue weighted by atomic mass is 35.5. The van der Waals surface area contributed by atoms with Gasteiger partial charge in [0.15, 0.2) is 0 Å². The normalized spacial score (nSPS) is 11.9. The van der Waals surface area contributed by atoms with Crippen molar-refractivity contribution in [1.29, 1.82) is 0 Å². The Bertz CT molecular complexity index is 818. The van der Waals surface area contributed by atoms with E-state index in [1.54, 1.807) is 7.11 Å². The molecule has 3 aromatic carbocycles. The zero-order chi connectivity index (χ0) is 20.5. The summed E-state index contributed by atoms with van der Waals surface area (Å²) in [5.74, 6) is 0.911. The van der Waals surface area contributed by atoms with Crippen LogP contribution in [-0.2, 0) is 11.2 Å². The fourth-order valence-corrected chi connectivity index (χ4v) is 3.47. The summed E-state index contributed by atoms with van der Waals surface area (Å²) < 4.78 is 11.7. The van der Waals surface area contributed by atoms with E-state index >= 15 is 0 Å². The maximum absolute atomic E-state index is 6.36. The summed E-state index contributed by atoms with van der Waals surface area (Å²) in [5, 5.41) is 0. The molecule has 3 nitrogen and oxygen atoms in total. The number of hydrogen-bond donors (Lipinski definition) is 0. The van der Waals surface area contributed by atoms with E-state index in [2.05, 4.69) is 79.5 Å². The van der Waals surface area contributed by atoms with E-state index in [1.165, 1.54) is 16.7 Å². The first-order valence-corrected chi connectivity index (χ1v) is 10.2. The molecule has 0 N–H and O–H groups in total. The van der Waals surface area contributed by atoms with Gasteiger partial charge in [-0.05, 0) is 49.2 Å². The molecule has 1 atom stereocenters. The molecule has 0 aliphatic carbocycles. The monoisotopic (exact) mass is 425 g/mol. The number of methoxy groups -OCH3 is 1. The molecule has 0 aliphatic rings. The molecule has 4 heteroatoms. The van der Waals surface area contributed by atoms with Crippen molar-refractivity contribution in [2.24, 2.45) is 0 Å². The van der Waals surface area contributed by atoms with Crippen molar-refractivity contribution in [3.63, 3.8) is 0 Å². The smallest absolute Gasteiger partial charge is 0.119 e. The quantitative estimate of drug-likeness (QED) is 0.410. The van der Waals surface area contributed by atoms with Crippen LogP contribution in [0, 0.1) is 0 Å². The molecule has 0 aromatic heterocycles. The molecule has 0 saturated heterocycles. The molecule has 0 heterocycles. The largest absolute Gasteiger partial charge is 0.497 e. The van der Waals surface area contributed by atoms with Crippen LogP contribution in [0.4, 0.5) is 0 Å². The minimum atomic E-state index is -0.0421. The van der Waals surface area contributed by atoms with Gasteiger partial charge in [-0.2, -0.15) is 0 Å². The molecule has 0 saturated carbocycles. The highest BCUT2D eigenvalue weighted by Crippen LogP contribution is 2.25. The average molecular weight is 426 g/mol. The predicted molar refractivity (Wildman–Crippen MR) is 127 cm³/mol. The molecule has 3 rings (SSSR count). The van der Waals surface area contributed by atoms with Gasteiger partial charge in [-0.1, -0.05) is 72.8 Å². The SMILES string of the molecule is COc1cccc(CC(C)N(C)CCOC(c2ccccc2)c2ccccc2)c1.Cl. The van der Waals surface area contributed by atoms with E-state index < -0.39 is 0 Å². The lowest BCUT2D eigenvalue weighted by Crippen LogP contribution is -2.34. The van der Waals surface area contributed by atoms with E-state index in [0.717, 1.165) is 18.7 Å². The number of nitrogens with zero attached hydrogens (tertiary/aromatic N) is 1. The van der Waals surface area contributed by atoms with Crippen molar-refractivity contribution in [2.45, 2.75) is 25.5 Å². The van der Waals surface area contributed by atoms with Gasteiger partial charge >= 0.3 is 0 Å². The van der Waals surface area contributed by atoms with Crippen molar-refractivity contribution >= 4 is 12.4 Å². The van der Waals surface area contributed by atoms with Gasteiger partial charge in [0.1, 0.15) is 11.9 Å². The summed E-state index contributed by atoms with van der Waals surface area (Å²) in [5.41, 5.74) is 3.66. The second-order valence-corrected chi connectivity index (χ2v) is 7.46. The first-order chi connectivity index (χ1) is 14.2. The van der Waals surface area contributed by atoms with Gasteiger partial charge in [-0.3, -0.25) is 0 Å². The van der Waals surface area contributed by atoms with Crippen LogP contribution < -0.4 is 4.74 Å². The number of rotatable bonds is 10. The fourth-order valence-electron chi connectivity index (χ4n) is 3.47. The third-order valence-electron chi connectivity index (χ3n) is 5.35. The summed E-state index contributed by atoms with van der Waals surface area (Å²) in [6.07, 6.45) is 0.939. The summed E-state index contributed by atoms with van der Waals surface area (Å²) in [7, 11) is 3.87. The molecule has 1 unspecified atom stereocenters. The Morgan fingerprint density at radius 1 is 0.833 bits per heavy atom. The van der Waals surface area contributed by atoms with Crippen LogP contribution in [0.25, 0.3) is 0 Å². The summed E-state index contributed by atoms with van der Waals surface area (Å²) in [6, 6.07) is 29.6. The lowest BCUT2D eigenvalue weighted by Gasteiger charge is -2.26. The highest BCUT2D eigenvalue weighted by Gasteiger charge is 2.16. The number of likely N-dealkylation sites (N-methyl/N-ethyl adjacent to an activating group) is 1. The summed E-state index contributed by atoms with van der Waals surface area (Å²) in [6.45, 7) is 3.81. The van der Waals surface area contributed by atoms with Crippen molar-refractivity contribution in [3.05, 3.63) is 102 Å². The Balaban J connectivity index is 0.00000320. The van der Waals surface area contributed by atoms with Gasteiger partial charge in [-0.25, -0.2) is 0 Å². The highest BCUT2D eigenvalue weighted by molar-refractivity contribution is 5.85. The Morgan fingerprint density at radius 2 is 1.43 bits per heavy atom. The van der Waals surface area contributed by atoms with Crippen molar-refractivity contribution in [1.82, 2.24) is 4.90 Å². The van der Waals surface area contributed by atoms with E-state index in [0.29, 0.717) is 12.6 Å². The Labute approximate surface area is 187 Å². The van der Waals surface area contributed by atoms with Crippen molar-refractivity contribution in [2.75, 3.05) is 27.3 Å². The lowest BCUT2D eigenvalue weighted by atomic mass is 10.0. The van der Waals surface area contributed by atoms with Gasteiger partial charge in [0, 0.05) is 12.6 Å². The van der Waals surface area contributed by atoms with Crippen LogP contribution in [0.1, 0.15) is 29.7 Å². The molecular weight excluding hydrogens is 394 g/mol. The number of halogens is 1. The minimum Gasteiger partial charge on any atom is -0.497 e. The second kappa shape index (κ2) is 12.4. The fraction of sp³-hybridized carbons (Fsp3) is 0.308. The van der Waals surface area contributed by atoms with E-state index in [-0.39, 0.29) is 18.5 Å². The van der Waals surface area contributed by atoms with Gasteiger partial charge in [0.25, 0.3) is 0 Å². The van der Waals surface area contributed by atoms with Crippen LogP contribution in [0.5, 0.6) is 5.75 Å². The molecule has 0 amide bonds. The summed E-state index contributed by atoms with van der Waals surface area (Å²) >= 11 is 0. The van der Waals surface area contributed by atoms with E-state index in [9.17, 15) is 0 Å². The van der Waals surface area contributed by atoms with Crippen LogP contribution in [0.3, 0.4) is 0 Å². The van der Waals surface area contributed by atoms with Gasteiger partial charge in [0.2, 0.25) is 0 Å². The molecule has 0 bridgehead atoms. The van der Waals surface area contributed by atoms with Gasteiger partial charge in [-0.15, -0.1) is 12.4 Å². The third-order valence-corrected chi connectivity index (χ3v) is 5.35. The first-order valence-electron chi connectivity index (χ1n) is 10.2. The molecule has 0 spiro atoms. The first kappa shape index (κ1) is 23.9. The average Bonchev–Trinajstić information content (AvgIpc) is 2.78. The number of benzene rings is 3. The molecular formula is C26H32ClNO2. The zero-order valence-electron chi connectivity index (χ0n) is 18.0. The van der Waals surface area contributed by atoms with Crippen molar-refractivity contribution in [3.8, 4) is 5.75 Å². The zero-order valence-corrected chi connectivity index (χ0v) is 18.8. The van der Waals surface area contributed by atoms with Crippen LogP contribution in [-0.4, -0.2) is 38.3 Å². The summed E-state index contributed by atoms with van der Waals surface area (Å²) in [4.78, 5) is 2.35. The Kier molecular flexibility index (Phi) is 9.88. The standard InChI is InChI=1S/C26H31NO2.ClH/c1-21(19-22-11-10-16-25(20-22)28-3)27(2)17-18-29-26(23-12-6-4-7-13-23)24-14-8-5-9-15-24;/h4-16,20-21,26H,17-19H2,1-3H3;1H. The van der Waals surface area contributed by atoms with Crippen LogP contribution in [0.15, 0.2) is 84.9 Å². The predicted octanol–water partition coefficient (Wildman–Crippen LogP) is 5.79. The maximum Gasteiger partial charge on any atom is 0.119 e. The minimum absolute atomic E-state index is 0. The van der Waals surface area contributed by atoms with Gasteiger partial charge < -0.3 is 14.4 Å². The molecule has 0 radical (unpaired) electrons. The lowest BCUT2D eigenvalue weighted by molar-refractivity contribution is 0.0581.